The van der Waals surface area contributed by atoms with E-state index in [9.17, 15) is 14.4 Å². The molecule has 0 atom stereocenters. The summed E-state index contributed by atoms with van der Waals surface area (Å²) in [5.74, 6) is -0.863. The Kier molecular flexibility index (Phi) is 4.13. The number of carbonyl (C=O) groups is 1. The van der Waals surface area contributed by atoms with Crippen LogP contribution in [0.15, 0.2) is 44.5 Å². The zero-order valence-corrected chi connectivity index (χ0v) is 13.1. The Morgan fingerprint density at radius 1 is 1.29 bits per heavy atom. The molecule has 1 amide bonds. The van der Waals surface area contributed by atoms with E-state index in [1.54, 1.807) is 38.1 Å². The van der Waals surface area contributed by atoms with Gasteiger partial charge in [-0.05, 0) is 32.0 Å². The number of hydrogen-bond donors (Lipinski definition) is 1. The molecule has 1 aromatic heterocycles. The van der Waals surface area contributed by atoms with Gasteiger partial charge in [0.25, 0.3) is 11.5 Å². The number of benzene rings is 1. The number of carbonyl (C=O) groups excluding carboxylic acids is 1. The molecule has 0 spiro atoms. The molecule has 0 fully saturated rings. The molecule has 0 saturated carbocycles. The van der Waals surface area contributed by atoms with E-state index in [1.165, 1.54) is 10.8 Å². The molecule has 21 heavy (non-hydrogen) atoms. The molecule has 110 valence electrons. The molecule has 6 nitrogen and oxygen atoms in total. The third kappa shape index (κ3) is 2.82. The summed E-state index contributed by atoms with van der Waals surface area (Å²) in [5, 5.41) is 0. The van der Waals surface area contributed by atoms with Crippen LogP contribution in [0.5, 0.6) is 0 Å². The second-order valence-corrected chi connectivity index (χ2v) is 5.73. The Bertz CT molecular complexity index is 821. The van der Waals surface area contributed by atoms with Gasteiger partial charge in [0.2, 0.25) is 0 Å². The van der Waals surface area contributed by atoms with E-state index >= 15 is 0 Å². The number of nitrogens with zero attached hydrogens (tertiary/aromatic N) is 2. The molecule has 0 bridgehead atoms. The topological polar surface area (TPSA) is 87.1 Å². The summed E-state index contributed by atoms with van der Waals surface area (Å²) in [6.07, 6.45) is 1.21. The Morgan fingerprint density at radius 2 is 1.95 bits per heavy atom. The Labute approximate surface area is 128 Å². The average Bonchev–Trinajstić information content (AvgIpc) is 2.38. The Morgan fingerprint density at radius 3 is 2.48 bits per heavy atom. The second-order valence-electron chi connectivity index (χ2n) is 4.81. The van der Waals surface area contributed by atoms with E-state index < -0.39 is 17.2 Å². The van der Waals surface area contributed by atoms with Crippen LogP contribution in [0.25, 0.3) is 5.69 Å². The minimum absolute atomic E-state index is 0.213. The summed E-state index contributed by atoms with van der Waals surface area (Å²) >= 11 is 3.29. The van der Waals surface area contributed by atoms with E-state index in [4.69, 9.17) is 5.73 Å². The first-order valence-electron chi connectivity index (χ1n) is 6.27. The first-order valence-corrected chi connectivity index (χ1v) is 7.06. The third-order valence-corrected chi connectivity index (χ3v) is 3.50. The average molecular weight is 352 g/mol. The van der Waals surface area contributed by atoms with Crippen LogP contribution in [0.3, 0.4) is 0 Å². The van der Waals surface area contributed by atoms with Crippen molar-refractivity contribution in [1.29, 1.82) is 0 Å². The van der Waals surface area contributed by atoms with Crippen molar-refractivity contribution in [1.82, 2.24) is 9.13 Å². The fraction of sp³-hybridized carbons (Fsp3) is 0.214. The van der Waals surface area contributed by atoms with Gasteiger partial charge in [-0.1, -0.05) is 22.0 Å². The highest BCUT2D eigenvalue weighted by atomic mass is 79.9. The Balaban J connectivity index is 2.91. The monoisotopic (exact) mass is 351 g/mol. The molecule has 1 heterocycles. The van der Waals surface area contributed by atoms with Gasteiger partial charge in [-0.15, -0.1) is 0 Å². The van der Waals surface area contributed by atoms with Crippen LogP contribution in [0.1, 0.15) is 30.2 Å². The van der Waals surface area contributed by atoms with Crippen LogP contribution in [-0.4, -0.2) is 15.0 Å². The zero-order valence-electron chi connectivity index (χ0n) is 11.5. The largest absolute Gasteiger partial charge is 0.365 e. The number of nitrogens with two attached hydrogens (primary N) is 1. The van der Waals surface area contributed by atoms with Crippen molar-refractivity contribution in [3.63, 3.8) is 0 Å². The van der Waals surface area contributed by atoms with Crippen LogP contribution in [0.4, 0.5) is 0 Å². The molecule has 2 N–H and O–H groups in total. The lowest BCUT2D eigenvalue weighted by Crippen LogP contribution is -2.42. The smallest absolute Gasteiger partial charge is 0.335 e. The van der Waals surface area contributed by atoms with Gasteiger partial charge in [-0.25, -0.2) is 9.36 Å². The third-order valence-electron chi connectivity index (χ3n) is 3.00. The van der Waals surface area contributed by atoms with Gasteiger partial charge in [0.05, 0.1) is 5.69 Å². The molecule has 7 heteroatoms. The highest BCUT2D eigenvalue weighted by Crippen LogP contribution is 2.13. The van der Waals surface area contributed by atoms with Gasteiger partial charge >= 0.3 is 5.69 Å². The van der Waals surface area contributed by atoms with E-state index in [-0.39, 0.29) is 11.6 Å². The van der Waals surface area contributed by atoms with Crippen molar-refractivity contribution in [2.75, 3.05) is 0 Å². The van der Waals surface area contributed by atoms with Crippen LogP contribution < -0.4 is 17.0 Å². The van der Waals surface area contributed by atoms with E-state index in [0.29, 0.717) is 10.2 Å². The lowest BCUT2D eigenvalue weighted by Gasteiger charge is -2.14. The molecular formula is C14H14BrN3O3. The maximum absolute atomic E-state index is 12.5. The fourth-order valence-corrected chi connectivity index (χ4v) is 2.34. The lowest BCUT2D eigenvalue weighted by atomic mass is 10.2. The number of primary amides is 1. The fourth-order valence-electron chi connectivity index (χ4n) is 1.95. The van der Waals surface area contributed by atoms with Crippen molar-refractivity contribution in [3.05, 3.63) is 61.3 Å². The standard InChI is InChI=1S/C14H14BrN3O3/c1-8(2)17-7-11(12(16)19)13(20)18(14(17)21)10-5-3-4-9(15)6-10/h3-8H,1-2H3,(H2,16,19). The van der Waals surface area contributed by atoms with Gasteiger partial charge in [0.15, 0.2) is 0 Å². The molecule has 1 aromatic carbocycles. The molecule has 0 aliphatic heterocycles. The Hall–Kier alpha value is -2.15. The normalized spacial score (nSPS) is 10.9. The van der Waals surface area contributed by atoms with Gasteiger partial charge in [0, 0.05) is 16.7 Å². The van der Waals surface area contributed by atoms with Crippen molar-refractivity contribution in [2.45, 2.75) is 19.9 Å². The van der Waals surface area contributed by atoms with E-state index in [0.717, 1.165) is 4.57 Å². The van der Waals surface area contributed by atoms with Gasteiger partial charge in [-0.3, -0.25) is 14.2 Å². The van der Waals surface area contributed by atoms with Crippen LogP contribution in [0.2, 0.25) is 0 Å². The van der Waals surface area contributed by atoms with Gasteiger partial charge in [-0.2, -0.15) is 0 Å². The molecule has 2 aromatic rings. The first kappa shape index (κ1) is 15.2. The maximum Gasteiger partial charge on any atom is 0.335 e. The summed E-state index contributed by atoms with van der Waals surface area (Å²) in [6.45, 7) is 3.56. The predicted molar refractivity (Wildman–Crippen MR) is 82.9 cm³/mol. The number of aromatic nitrogens is 2. The minimum Gasteiger partial charge on any atom is -0.365 e. The van der Waals surface area contributed by atoms with Crippen LogP contribution in [-0.2, 0) is 0 Å². The van der Waals surface area contributed by atoms with Crippen molar-refractivity contribution < 1.29 is 4.79 Å². The SMILES string of the molecule is CC(C)n1cc(C(N)=O)c(=O)n(-c2cccc(Br)c2)c1=O. The quantitative estimate of drug-likeness (QED) is 0.907. The number of halogens is 1. The number of amides is 1. The van der Waals surface area contributed by atoms with E-state index in [1.807, 2.05) is 0 Å². The van der Waals surface area contributed by atoms with Crippen molar-refractivity contribution in [2.24, 2.45) is 5.73 Å². The lowest BCUT2D eigenvalue weighted by molar-refractivity contribution is 0.0997. The number of rotatable bonds is 3. The predicted octanol–water partition coefficient (Wildman–Crippen LogP) is 1.44. The van der Waals surface area contributed by atoms with Crippen LogP contribution >= 0.6 is 15.9 Å². The second kappa shape index (κ2) is 5.69. The zero-order chi connectivity index (χ0) is 15.7. The van der Waals surface area contributed by atoms with Crippen molar-refractivity contribution in [3.8, 4) is 5.69 Å². The van der Waals surface area contributed by atoms with Crippen LogP contribution in [0, 0.1) is 0 Å². The van der Waals surface area contributed by atoms with Crippen molar-refractivity contribution >= 4 is 21.8 Å². The highest BCUT2D eigenvalue weighted by molar-refractivity contribution is 9.10. The first-order chi connectivity index (χ1) is 9.82. The summed E-state index contributed by atoms with van der Waals surface area (Å²) in [6, 6.07) is 6.49. The maximum atomic E-state index is 12.5. The number of hydrogen-bond acceptors (Lipinski definition) is 3. The molecular weight excluding hydrogens is 338 g/mol. The van der Waals surface area contributed by atoms with Gasteiger partial charge in [0.1, 0.15) is 5.56 Å². The molecule has 2 rings (SSSR count). The van der Waals surface area contributed by atoms with E-state index in [2.05, 4.69) is 15.9 Å². The summed E-state index contributed by atoms with van der Waals surface area (Å²) < 4.78 is 2.97. The molecule has 0 aliphatic carbocycles. The highest BCUT2D eigenvalue weighted by Gasteiger charge is 2.17. The molecule has 0 radical (unpaired) electrons. The van der Waals surface area contributed by atoms with Gasteiger partial charge < -0.3 is 5.73 Å². The summed E-state index contributed by atoms with van der Waals surface area (Å²) in [5.41, 5.74) is 4.15. The molecule has 0 aliphatic rings. The molecule has 0 saturated heterocycles. The summed E-state index contributed by atoms with van der Waals surface area (Å²) in [7, 11) is 0. The summed E-state index contributed by atoms with van der Waals surface area (Å²) in [4.78, 5) is 36.3. The minimum atomic E-state index is -0.863. The molecule has 0 unspecified atom stereocenters.